The zero-order valence-electron chi connectivity index (χ0n) is 18.5. The molecule has 0 bridgehead atoms. The average molecular weight is 424 g/mol. The van der Waals surface area contributed by atoms with Crippen molar-refractivity contribution in [2.75, 3.05) is 41.4 Å². The molecule has 164 valence electrons. The molecule has 1 heterocycles. The predicted molar refractivity (Wildman–Crippen MR) is 118 cm³/mol. The summed E-state index contributed by atoms with van der Waals surface area (Å²) < 4.78 is 10.6. The number of aryl methyl sites for hydroxylation is 1. The van der Waals surface area contributed by atoms with Gasteiger partial charge in [-0.25, -0.2) is 0 Å². The van der Waals surface area contributed by atoms with Gasteiger partial charge in [-0.15, -0.1) is 0 Å². The maximum absolute atomic E-state index is 13.0. The van der Waals surface area contributed by atoms with E-state index in [0.717, 1.165) is 11.1 Å². The lowest BCUT2D eigenvalue weighted by atomic mass is 9.94. The number of aliphatic hydroxyl groups is 1. The molecule has 1 aliphatic rings. The molecule has 7 heteroatoms. The van der Waals surface area contributed by atoms with Crippen LogP contribution in [0.25, 0.3) is 5.76 Å². The molecule has 1 amide bonds. The number of benzene rings is 2. The first-order chi connectivity index (χ1) is 14.8. The Labute approximate surface area is 182 Å². The molecule has 31 heavy (non-hydrogen) atoms. The predicted octanol–water partition coefficient (Wildman–Crippen LogP) is 3.00. The van der Waals surface area contributed by atoms with Crippen LogP contribution in [0.2, 0.25) is 0 Å². The van der Waals surface area contributed by atoms with Crippen molar-refractivity contribution in [3.63, 3.8) is 0 Å². The van der Waals surface area contributed by atoms with Crippen LogP contribution in [0, 0.1) is 6.92 Å². The molecule has 0 spiro atoms. The molecular weight excluding hydrogens is 396 g/mol. The molecular formula is C24H28N2O5. The number of aliphatic hydroxyl groups excluding tert-OH is 1. The van der Waals surface area contributed by atoms with Gasteiger partial charge in [-0.2, -0.15) is 0 Å². The molecule has 1 unspecified atom stereocenters. The zero-order chi connectivity index (χ0) is 22.7. The van der Waals surface area contributed by atoms with E-state index in [1.165, 1.54) is 19.1 Å². The summed E-state index contributed by atoms with van der Waals surface area (Å²) in [5.41, 5.74) is 2.23. The molecule has 1 fully saturated rings. The number of ether oxygens (including phenoxy) is 2. The normalized spacial score (nSPS) is 18.0. The monoisotopic (exact) mass is 424 g/mol. The number of hydrogen-bond acceptors (Lipinski definition) is 6. The zero-order valence-corrected chi connectivity index (χ0v) is 18.5. The van der Waals surface area contributed by atoms with Gasteiger partial charge in [-0.1, -0.05) is 29.8 Å². The fraction of sp³-hybridized carbons (Fsp3) is 0.333. The molecule has 3 rings (SSSR count). The number of likely N-dealkylation sites (tertiary alicyclic amines) is 1. The molecule has 0 saturated carbocycles. The molecule has 2 aromatic rings. The van der Waals surface area contributed by atoms with Crippen molar-refractivity contribution in [1.29, 1.82) is 0 Å². The van der Waals surface area contributed by atoms with E-state index in [0.29, 0.717) is 30.2 Å². The summed E-state index contributed by atoms with van der Waals surface area (Å²) in [6.07, 6.45) is 0. The second kappa shape index (κ2) is 9.22. The quantitative estimate of drug-likeness (QED) is 0.418. The summed E-state index contributed by atoms with van der Waals surface area (Å²) in [6, 6.07) is 11.8. The maximum Gasteiger partial charge on any atom is 0.295 e. The highest BCUT2D eigenvalue weighted by Gasteiger charge is 2.45. The van der Waals surface area contributed by atoms with E-state index in [9.17, 15) is 14.7 Å². The maximum atomic E-state index is 13.0. The number of ketones is 1. The molecule has 0 aliphatic carbocycles. The first-order valence-corrected chi connectivity index (χ1v) is 10.0. The highest BCUT2D eigenvalue weighted by Crippen LogP contribution is 2.40. The van der Waals surface area contributed by atoms with Gasteiger partial charge >= 0.3 is 0 Å². The third-order valence-corrected chi connectivity index (χ3v) is 5.34. The van der Waals surface area contributed by atoms with E-state index in [1.54, 1.807) is 18.2 Å². The van der Waals surface area contributed by atoms with Crippen LogP contribution in [-0.4, -0.2) is 68.0 Å². The van der Waals surface area contributed by atoms with Crippen LogP contribution >= 0.6 is 0 Å². The van der Waals surface area contributed by atoms with Crippen LogP contribution in [0.1, 0.15) is 22.7 Å². The van der Waals surface area contributed by atoms with Gasteiger partial charge in [0.2, 0.25) is 0 Å². The number of hydrogen-bond donors (Lipinski definition) is 1. The summed E-state index contributed by atoms with van der Waals surface area (Å²) in [7, 11) is 6.82. The Balaban J connectivity index is 2.17. The third-order valence-electron chi connectivity index (χ3n) is 5.34. The Morgan fingerprint density at radius 3 is 2.39 bits per heavy atom. The van der Waals surface area contributed by atoms with Gasteiger partial charge in [0, 0.05) is 18.7 Å². The van der Waals surface area contributed by atoms with Crippen molar-refractivity contribution >= 4 is 17.4 Å². The number of Topliss-reactive ketones (excluding diaryl/α,β-unsaturated/α-hetero) is 1. The Kier molecular flexibility index (Phi) is 6.65. The van der Waals surface area contributed by atoms with Gasteiger partial charge in [0.05, 0.1) is 25.8 Å². The Bertz CT molecular complexity index is 1030. The number of methoxy groups -OCH3 is 2. The summed E-state index contributed by atoms with van der Waals surface area (Å²) in [4.78, 5) is 29.4. The van der Waals surface area contributed by atoms with Gasteiger partial charge < -0.3 is 24.4 Å². The summed E-state index contributed by atoms with van der Waals surface area (Å²) in [6.45, 7) is 2.90. The topological polar surface area (TPSA) is 79.3 Å². The van der Waals surface area contributed by atoms with Crippen molar-refractivity contribution in [1.82, 2.24) is 9.80 Å². The molecule has 7 nitrogen and oxygen atoms in total. The molecule has 1 aliphatic heterocycles. The minimum atomic E-state index is -0.697. The Hall–Kier alpha value is -3.32. The average Bonchev–Trinajstić information content (AvgIpc) is 3.01. The molecule has 1 atom stereocenters. The molecule has 2 aromatic carbocycles. The first-order valence-electron chi connectivity index (χ1n) is 10.0. The highest BCUT2D eigenvalue weighted by atomic mass is 16.5. The second-order valence-corrected chi connectivity index (χ2v) is 7.78. The van der Waals surface area contributed by atoms with Crippen LogP contribution in [0.15, 0.2) is 48.0 Å². The van der Waals surface area contributed by atoms with Gasteiger partial charge in [0.15, 0.2) is 11.5 Å². The first kappa shape index (κ1) is 22.4. The minimum Gasteiger partial charge on any atom is -0.507 e. The number of rotatable bonds is 7. The standard InChI is InChI=1S/C24H28N2O5/c1-15-7-6-8-16(13-15)21-20(23(28)24(29)26(21)12-11-25(2)3)22(27)17-9-10-18(30-4)19(14-17)31-5/h6-10,13-14,21,27H,11-12H2,1-5H3/b22-20-. The molecule has 0 radical (unpaired) electrons. The Morgan fingerprint density at radius 2 is 1.77 bits per heavy atom. The number of carbonyl (C=O) groups excluding carboxylic acids is 2. The molecule has 1 N–H and O–H groups in total. The lowest BCUT2D eigenvalue weighted by molar-refractivity contribution is -0.140. The largest absolute Gasteiger partial charge is 0.507 e. The molecule has 1 saturated heterocycles. The smallest absolute Gasteiger partial charge is 0.295 e. The van der Waals surface area contributed by atoms with Crippen molar-refractivity contribution in [3.8, 4) is 11.5 Å². The lowest BCUT2D eigenvalue weighted by Gasteiger charge is -2.26. The fourth-order valence-corrected chi connectivity index (χ4v) is 3.74. The van der Waals surface area contributed by atoms with Crippen LogP contribution in [0.4, 0.5) is 0 Å². The number of carbonyl (C=O) groups is 2. The van der Waals surface area contributed by atoms with Crippen molar-refractivity contribution in [3.05, 3.63) is 64.7 Å². The van der Waals surface area contributed by atoms with Crippen LogP contribution in [-0.2, 0) is 9.59 Å². The number of nitrogens with zero attached hydrogens (tertiary/aromatic N) is 2. The van der Waals surface area contributed by atoms with E-state index >= 15 is 0 Å². The lowest BCUT2D eigenvalue weighted by Crippen LogP contribution is -2.35. The molecule has 0 aromatic heterocycles. The van der Waals surface area contributed by atoms with E-state index in [2.05, 4.69) is 0 Å². The minimum absolute atomic E-state index is 0.0709. The van der Waals surface area contributed by atoms with Crippen molar-refractivity contribution < 1.29 is 24.2 Å². The van der Waals surface area contributed by atoms with Gasteiger partial charge in [-0.3, -0.25) is 9.59 Å². The summed E-state index contributed by atoms with van der Waals surface area (Å²) in [5.74, 6) is -0.632. The van der Waals surface area contributed by atoms with E-state index in [4.69, 9.17) is 9.47 Å². The van der Waals surface area contributed by atoms with Crippen LogP contribution in [0.5, 0.6) is 11.5 Å². The number of amides is 1. The van der Waals surface area contributed by atoms with Gasteiger partial charge in [-0.05, 0) is 44.8 Å². The Morgan fingerprint density at radius 1 is 1.06 bits per heavy atom. The van der Waals surface area contributed by atoms with E-state index < -0.39 is 17.7 Å². The fourth-order valence-electron chi connectivity index (χ4n) is 3.74. The van der Waals surface area contributed by atoms with E-state index in [-0.39, 0.29) is 11.3 Å². The van der Waals surface area contributed by atoms with Crippen LogP contribution < -0.4 is 9.47 Å². The van der Waals surface area contributed by atoms with Crippen LogP contribution in [0.3, 0.4) is 0 Å². The third kappa shape index (κ3) is 4.41. The summed E-state index contributed by atoms with van der Waals surface area (Å²) in [5, 5.41) is 11.2. The van der Waals surface area contributed by atoms with Gasteiger partial charge in [0.25, 0.3) is 11.7 Å². The summed E-state index contributed by atoms with van der Waals surface area (Å²) >= 11 is 0. The van der Waals surface area contributed by atoms with E-state index in [1.807, 2.05) is 50.2 Å². The SMILES string of the molecule is COc1ccc(/C(O)=C2/C(=O)C(=O)N(CCN(C)C)C2c2cccc(C)c2)cc1OC. The van der Waals surface area contributed by atoms with Crippen molar-refractivity contribution in [2.24, 2.45) is 0 Å². The van der Waals surface area contributed by atoms with Crippen molar-refractivity contribution in [2.45, 2.75) is 13.0 Å². The highest BCUT2D eigenvalue weighted by molar-refractivity contribution is 6.46. The second-order valence-electron chi connectivity index (χ2n) is 7.78. The number of likely N-dealkylation sites (N-methyl/N-ethyl adjacent to an activating group) is 1. The van der Waals surface area contributed by atoms with Gasteiger partial charge in [0.1, 0.15) is 5.76 Å².